The van der Waals surface area contributed by atoms with Gasteiger partial charge < -0.3 is 5.32 Å². The van der Waals surface area contributed by atoms with Crippen LogP contribution in [0.15, 0.2) is 42.0 Å². The number of hydrogen-bond donors (Lipinski definition) is 1. The predicted octanol–water partition coefficient (Wildman–Crippen LogP) is 2.99. The zero-order chi connectivity index (χ0) is 17.6. The molecule has 1 aliphatic heterocycles. The summed E-state index contributed by atoms with van der Waals surface area (Å²) in [4.78, 5) is 0. The summed E-state index contributed by atoms with van der Waals surface area (Å²) in [5.74, 6) is 2.28. The van der Waals surface area contributed by atoms with Crippen LogP contribution in [0.25, 0.3) is 5.69 Å². The number of nitrogens with one attached hydrogen (secondary N) is 1. The smallest absolute Gasteiger partial charge is 0.158 e. The summed E-state index contributed by atoms with van der Waals surface area (Å²) < 4.78 is 2.15. The Morgan fingerprint density at radius 2 is 2.04 bits per heavy atom. The standard InChI is InChI=1S/C18H23ClN6/c1-3-10-21-24(2)13-17-22-23-18(14-8-11-20-12-9-14)25(17)16-6-4-15(19)5-7-16/h3-7,10,14,20H,1,8-9,11-13H2,2H3/b21-10-. The van der Waals surface area contributed by atoms with Gasteiger partial charge >= 0.3 is 0 Å². The summed E-state index contributed by atoms with van der Waals surface area (Å²) in [5, 5.41) is 19.2. The van der Waals surface area contributed by atoms with E-state index in [1.165, 1.54) is 0 Å². The van der Waals surface area contributed by atoms with Gasteiger partial charge in [-0.05, 0) is 56.3 Å². The van der Waals surface area contributed by atoms with Crippen molar-refractivity contribution in [3.05, 3.63) is 53.6 Å². The highest BCUT2D eigenvalue weighted by molar-refractivity contribution is 6.30. The topological polar surface area (TPSA) is 58.3 Å². The zero-order valence-corrected chi connectivity index (χ0v) is 15.2. The van der Waals surface area contributed by atoms with E-state index < -0.39 is 0 Å². The first-order chi connectivity index (χ1) is 12.2. The number of piperidine rings is 1. The summed E-state index contributed by atoms with van der Waals surface area (Å²) in [6.45, 7) is 6.23. The van der Waals surface area contributed by atoms with Crippen molar-refractivity contribution in [3.63, 3.8) is 0 Å². The van der Waals surface area contributed by atoms with E-state index in [4.69, 9.17) is 11.6 Å². The first-order valence-electron chi connectivity index (χ1n) is 8.46. The first-order valence-corrected chi connectivity index (χ1v) is 8.84. The molecule has 1 N–H and O–H groups in total. The van der Waals surface area contributed by atoms with Crippen molar-refractivity contribution in [2.75, 3.05) is 20.1 Å². The Morgan fingerprint density at radius 3 is 2.72 bits per heavy atom. The third-order valence-corrected chi connectivity index (χ3v) is 4.54. The maximum Gasteiger partial charge on any atom is 0.158 e. The number of allylic oxidation sites excluding steroid dienone is 1. The maximum atomic E-state index is 6.06. The van der Waals surface area contributed by atoms with Crippen molar-refractivity contribution >= 4 is 17.8 Å². The highest BCUT2D eigenvalue weighted by Gasteiger charge is 2.24. The Hall–Kier alpha value is -2.18. The molecule has 0 bridgehead atoms. The molecule has 6 nitrogen and oxygen atoms in total. The lowest BCUT2D eigenvalue weighted by atomic mass is 9.97. The molecule has 7 heteroatoms. The molecule has 0 aliphatic carbocycles. The summed E-state index contributed by atoms with van der Waals surface area (Å²) in [6, 6.07) is 7.80. The monoisotopic (exact) mass is 358 g/mol. The zero-order valence-electron chi connectivity index (χ0n) is 14.4. The molecule has 1 fully saturated rings. The predicted molar refractivity (Wildman–Crippen MR) is 101 cm³/mol. The molecule has 0 amide bonds. The second-order valence-electron chi connectivity index (χ2n) is 6.13. The fourth-order valence-electron chi connectivity index (χ4n) is 3.06. The second-order valence-corrected chi connectivity index (χ2v) is 6.56. The van der Waals surface area contributed by atoms with Crippen LogP contribution in [0.4, 0.5) is 0 Å². The molecule has 0 saturated carbocycles. The molecule has 2 aromatic rings. The van der Waals surface area contributed by atoms with Crippen LogP contribution < -0.4 is 5.32 Å². The third-order valence-electron chi connectivity index (χ3n) is 4.28. The molecule has 0 radical (unpaired) electrons. The lowest BCUT2D eigenvalue weighted by Crippen LogP contribution is -2.28. The molecule has 132 valence electrons. The van der Waals surface area contributed by atoms with Crippen LogP contribution in [-0.4, -0.2) is 46.1 Å². The highest BCUT2D eigenvalue weighted by atomic mass is 35.5. The fourth-order valence-corrected chi connectivity index (χ4v) is 3.18. The van der Waals surface area contributed by atoms with Gasteiger partial charge in [-0.15, -0.1) is 10.2 Å². The first kappa shape index (κ1) is 17.6. The quantitative estimate of drug-likeness (QED) is 0.637. The third kappa shape index (κ3) is 4.27. The molecular formula is C18H23ClN6. The van der Waals surface area contributed by atoms with Crippen molar-refractivity contribution in [2.24, 2.45) is 5.10 Å². The van der Waals surface area contributed by atoms with Crippen molar-refractivity contribution in [3.8, 4) is 5.69 Å². The molecule has 1 aromatic heterocycles. The average Bonchev–Trinajstić information content (AvgIpc) is 3.05. The Bertz CT molecular complexity index is 731. The Morgan fingerprint density at radius 1 is 1.32 bits per heavy atom. The number of halogens is 1. The summed E-state index contributed by atoms with van der Waals surface area (Å²) in [5.41, 5.74) is 1.03. The lowest BCUT2D eigenvalue weighted by molar-refractivity contribution is 0.336. The van der Waals surface area contributed by atoms with Gasteiger partial charge in [-0.2, -0.15) is 5.10 Å². The largest absolute Gasteiger partial charge is 0.317 e. The molecule has 0 unspecified atom stereocenters. The SMILES string of the molecule is C=C/C=N\N(C)Cc1nnc(C2CCNCC2)n1-c1ccc(Cl)cc1. The molecule has 25 heavy (non-hydrogen) atoms. The van der Waals surface area contributed by atoms with Crippen molar-refractivity contribution in [1.29, 1.82) is 0 Å². The molecular weight excluding hydrogens is 336 g/mol. The minimum Gasteiger partial charge on any atom is -0.317 e. The number of hydrogen-bond acceptors (Lipinski definition) is 5. The van der Waals surface area contributed by atoms with Crippen LogP contribution in [0.1, 0.15) is 30.4 Å². The van der Waals surface area contributed by atoms with E-state index in [1.54, 1.807) is 12.3 Å². The number of hydrazone groups is 1. The van der Waals surface area contributed by atoms with Crippen LogP contribution >= 0.6 is 11.6 Å². The molecule has 3 rings (SSSR count). The molecule has 0 atom stereocenters. The van der Waals surface area contributed by atoms with Crippen LogP contribution in [0.2, 0.25) is 5.02 Å². The Kier molecular flexibility index (Phi) is 5.83. The average molecular weight is 359 g/mol. The number of aromatic nitrogens is 3. The van der Waals surface area contributed by atoms with Crippen LogP contribution in [0.3, 0.4) is 0 Å². The van der Waals surface area contributed by atoms with Gasteiger partial charge in [0.25, 0.3) is 0 Å². The van der Waals surface area contributed by atoms with Crippen LogP contribution in [0, 0.1) is 0 Å². The van der Waals surface area contributed by atoms with E-state index in [2.05, 4.69) is 31.8 Å². The molecule has 2 heterocycles. The van der Waals surface area contributed by atoms with Gasteiger partial charge in [0.1, 0.15) is 5.82 Å². The molecule has 1 aliphatic rings. The van der Waals surface area contributed by atoms with Crippen LogP contribution in [0.5, 0.6) is 0 Å². The normalized spacial score (nSPS) is 15.6. The van der Waals surface area contributed by atoms with Crippen molar-refractivity contribution in [2.45, 2.75) is 25.3 Å². The maximum absolute atomic E-state index is 6.06. The molecule has 0 spiro atoms. The van der Waals surface area contributed by atoms with Gasteiger partial charge in [0.2, 0.25) is 0 Å². The minimum absolute atomic E-state index is 0.403. The van der Waals surface area contributed by atoms with E-state index in [0.29, 0.717) is 12.5 Å². The number of benzene rings is 1. The van der Waals surface area contributed by atoms with Gasteiger partial charge in [-0.25, -0.2) is 0 Å². The van der Waals surface area contributed by atoms with E-state index in [-0.39, 0.29) is 0 Å². The van der Waals surface area contributed by atoms with E-state index in [9.17, 15) is 0 Å². The number of nitrogens with zero attached hydrogens (tertiary/aromatic N) is 5. The van der Waals surface area contributed by atoms with Gasteiger partial charge in [-0.3, -0.25) is 9.58 Å². The van der Waals surface area contributed by atoms with Gasteiger partial charge in [0.15, 0.2) is 5.82 Å². The van der Waals surface area contributed by atoms with Crippen molar-refractivity contribution < 1.29 is 0 Å². The lowest BCUT2D eigenvalue weighted by Gasteiger charge is -2.23. The second kappa shape index (κ2) is 8.27. The highest BCUT2D eigenvalue weighted by Crippen LogP contribution is 2.27. The number of rotatable bonds is 6. The molecule has 1 saturated heterocycles. The summed E-state index contributed by atoms with van der Waals surface area (Å²) in [6.07, 6.45) is 5.45. The van der Waals surface area contributed by atoms with Crippen LogP contribution in [-0.2, 0) is 6.54 Å². The Balaban J connectivity index is 1.96. The fraction of sp³-hybridized carbons (Fsp3) is 0.389. The summed E-state index contributed by atoms with van der Waals surface area (Å²) in [7, 11) is 1.91. The van der Waals surface area contributed by atoms with Gasteiger partial charge in [0, 0.05) is 29.9 Å². The minimum atomic E-state index is 0.403. The van der Waals surface area contributed by atoms with E-state index in [0.717, 1.165) is 48.3 Å². The van der Waals surface area contributed by atoms with Gasteiger partial charge in [-0.1, -0.05) is 18.2 Å². The Labute approximate surface area is 153 Å². The van der Waals surface area contributed by atoms with Gasteiger partial charge in [0.05, 0.1) is 6.54 Å². The van der Waals surface area contributed by atoms with E-state index in [1.807, 2.05) is 36.3 Å². The summed E-state index contributed by atoms with van der Waals surface area (Å²) >= 11 is 6.06. The van der Waals surface area contributed by atoms with E-state index >= 15 is 0 Å². The van der Waals surface area contributed by atoms with Crippen molar-refractivity contribution in [1.82, 2.24) is 25.1 Å². The molecule has 1 aromatic carbocycles.